The lowest BCUT2D eigenvalue weighted by Gasteiger charge is -2.19. The molecule has 8 heteroatoms. The summed E-state index contributed by atoms with van der Waals surface area (Å²) >= 11 is 7.28. The molecule has 1 heterocycles. The molecule has 25 heavy (non-hydrogen) atoms. The molecule has 0 N–H and O–H groups in total. The van der Waals surface area contributed by atoms with Crippen LogP contribution in [0, 0.1) is 0 Å². The van der Waals surface area contributed by atoms with Gasteiger partial charge in [-0.15, -0.1) is 0 Å². The standard InChI is InChI=1S/C17H22ClN3O3S/c1-4-20(5-2)15(22)11-25-17-19-14-10-12(18)6-7-13(14)16(23)21(17)8-9-24-3/h6-7,10H,4-5,8-9,11H2,1-3H3. The Kier molecular flexibility index (Phi) is 7.28. The number of thioether (sulfide) groups is 1. The average Bonchev–Trinajstić information content (AvgIpc) is 2.60. The highest BCUT2D eigenvalue weighted by Gasteiger charge is 2.15. The summed E-state index contributed by atoms with van der Waals surface area (Å²) in [4.78, 5) is 31.3. The van der Waals surface area contributed by atoms with Gasteiger partial charge in [0.15, 0.2) is 5.16 Å². The number of hydrogen-bond donors (Lipinski definition) is 0. The molecule has 0 atom stereocenters. The van der Waals surface area contributed by atoms with Gasteiger partial charge in [0.2, 0.25) is 5.91 Å². The normalized spacial score (nSPS) is 11.0. The van der Waals surface area contributed by atoms with Crippen LogP contribution >= 0.6 is 23.4 Å². The molecule has 0 saturated carbocycles. The van der Waals surface area contributed by atoms with E-state index in [1.165, 1.54) is 11.8 Å². The first-order chi connectivity index (χ1) is 12.0. The molecule has 1 amide bonds. The molecular formula is C17H22ClN3O3S. The predicted octanol–water partition coefficient (Wildman–Crippen LogP) is 2.66. The van der Waals surface area contributed by atoms with Crippen LogP contribution in [-0.4, -0.2) is 52.9 Å². The largest absolute Gasteiger partial charge is 0.383 e. The van der Waals surface area contributed by atoms with E-state index in [0.29, 0.717) is 47.3 Å². The number of aromatic nitrogens is 2. The van der Waals surface area contributed by atoms with Gasteiger partial charge < -0.3 is 9.64 Å². The second-order valence-electron chi connectivity index (χ2n) is 5.36. The van der Waals surface area contributed by atoms with E-state index in [0.717, 1.165) is 0 Å². The van der Waals surface area contributed by atoms with Crippen LogP contribution in [0.3, 0.4) is 0 Å². The summed E-state index contributed by atoms with van der Waals surface area (Å²) in [5.74, 6) is 0.251. The van der Waals surface area contributed by atoms with Crippen LogP contribution in [0.4, 0.5) is 0 Å². The number of benzene rings is 1. The molecular weight excluding hydrogens is 362 g/mol. The number of methoxy groups -OCH3 is 1. The molecule has 0 bridgehead atoms. The molecule has 0 aliphatic heterocycles. The van der Waals surface area contributed by atoms with Crippen LogP contribution in [0.15, 0.2) is 28.2 Å². The molecule has 0 fully saturated rings. The first kappa shape index (κ1) is 19.8. The number of carbonyl (C=O) groups excluding carboxylic acids is 1. The van der Waals surface area contributed by atoms with Crippen LogP contribution in [-0.2, 0) is 16.1 Å². The fourth-order valence-corrected chi connectivity index (χ4v) is 3.55. The molecule has 0 aliphatic carbocycles. The quantitative estimate of drug-likeness (QED) is 0.518. The van der Waals surface area contributed by atoms with Crippen molar-refractivity contribution >= 4 is 40.2 Å². The van der Waals surface area contributed by atoms with Gasteiger partial charge in [-0.05, 0) is 32.0 Å². The molecule has 0 aliphatic rings. The van der Waals surface area contributed by atoms with Gasteiger partial charge >= 0.3 is 0 Å². The Morgan fingerprint density at radius 1 is 1.36 bits per heavy atom. The fourth-order valence-electron chi connectivity index (χ4n) is 2.46. The number of fused-ring (bicyclic) bond motifs is 1. The summed E-state index contributed by atoms with van der Waals surface area (Å²) in [6.07, 6.45) is 0. The summed E-state index contributed by atoms with van der Waals surface area (Å²) < 4.78 is 6.65. The summed E-state index contributed by atoms with van der Waals surface area (Å²) in [6, 6.07) is 5.01. The Balaban J connectivity index is 2.38. The van der Waals surface area contributed by atoms with Gasteiger partial charge in [0.25, 0.3) is 5.56 Å². The van der Waals surface area contributed by atoms with E-state index in [-0.39, 0.29) is 17.2 Å². The van der Waals surface area contributed by atoms with E-state index >= 15 is 0 Å². The maximum absolute atomic E-state index is 12.8. The van der Waals surface area contributed by atoms with Gasteiger partial charge in [-0.2, -0.15) is 0 Å². The Labute approximate surface area is 156 Å². The van der Waals surface area contributed by atoms with E-state index in [1.54, 1.807) is 34.8 Å². The van der Waals surface area contributed by atoms with Gasteiger partial charge in [-0.25, -0.2) is 4.98 Å². The van der Waals surface area contributed by atoms with Gasteiger partial charge in [0, 0.05) is 25.2 Å². The number of amides is 1. The van der Waals surface area contributed by atoms with Crippen molar-refractivity contribution in [2.24, 2.45) is 0 Å². The van der Waals surface area contributed by atoms with Crippen molar-refractivity contribution in [3.05, 3.63) is 33.6 Å². The Morgan fingerprint density at radius 2 is 2.08 bits per heavy atom. The summed E-state index contributed by atoms with van der Waals surface area (Å²) in [7, 11) is 1.58. The van der Waals surface area contributed by atoms with Crippen molar-refractivity contribution in [3.8, 4) is 0 Å². The fraction of sp³-hybridized carbons (Fsp3) is 0.471. The third-order valence-electron chi connectivity index (χ3n) is 3.84. The van der Waals surface area contributed by atoms with Gasteiger partial charge in [0.1, 0.15) is 0 Å². The molecule has 6 nitrogen and oxygen atoms in total. The maximum atomic E-state index is 12.8. The third kappa shape index (κ3) is 4.74. The zero-order chi connectivity index (χ0) is 18.4. The first-order valence-electron chi connectivity index (χ1n) is 8.11. The maximum Gasteiger partial charge on any atom is 0.262 e. The molecule has 136 valence electrons. The minimum absolute atomic E-state index is 0.0220. The van der Waals surface area contributed by atoms with Crippen LogP contribution in [0.1, 0.15) is 13.8 Å². The van der Waals surface area contributed by atoms with Crippen LogP contribution in [0.2, 0.25) is 5.02 Å². The van der Waals surface area contributed by atoms with E-state index in [2.05, 4.69) is 4.98 Å². The van der Waals surface area contributed by atoms with Crippen LogP contribution in [0.5, 0.6) is 0 Å². The van der Waals surface area contributed by atoms with E-state index in [4.69, 9.17) is 16.3 Å². The third-order valence-corrected chi connectivity index (χ3v) is 5.04. The molecule has 2 rings (SSSR count). The number of ether oxygens (including phenoxy) is 1. The van der Waals surface area contributed by atoms with E-state index in [9.17, 15) is 9.59 Å². The lowest BCUT2D eigenvalue weighted by atomic mass is 10.2. The summed E-state index contributed by atoms with van der Waals surface area (Å²) in [5, 5.41) is 1.52. The lowest BCUT2D eigenvalue weighted by Crippen LogP contribution is -2.32. The van der Waals surface area contributed by atoms with E-state index in [1.807, 2.05) is 13.8 Å². The first-order valence-corrected chi connectivity index (χ1v) is 9.47. The molecule has 0 saturated heterocycles. The lowest BCUT2D eigenvalue weighted by molar-refractivity contribution is -0.127. The van der Waals surface area contributed by atoms with Crippen molar-refractivity contribution in [1.29, 1.82) is 0 Å². The van der Waals surface area contributed by atoms with Crippen LogP contribution < -0.4 is 5.56 Å². The van der Waals surface area contributed by atoms with Crippen molar-refractivity contribution < 1.29 is 9.53 Å². The topological polar surface area (TPSA) is 64.4 Å². The number of rotatable bonds is 8. The van der Waals surface area contributed by atoms with E-state index < -0.39 is 0 Å². The molecule has 0 unspecified atom stereocenters. The van der Waals surface area contributed by atoms with Crippen molar-refractivity contribution in [1.82, 2.24) is 14.5 Å². The number of nitrogens with zero attached hydrogens (tertiary/aromatic N) is 3. The van der Waals surface area contributed by atoms with Crippen molar-refractivity contribution in [2.45, 2.75) is 25.5 Å². The monoisotopic (exact) mass is 383 g/mol. The van der Waals surface area contributed by atoms with Crippen molar-refractivity contribution in [2.75, 3.05) is 32.6 Å². The van der Waals surface area contributed by atoms with Crippen LogP contribution in [0.25, 0.3) is 10.9 Å². The summed E-state index contributed by atoms with van der Waals surface area (Å²) in [5.41, 5.74) is 0.375. The van der Waals surface area contributed by atoms with Gasteiger partial charge in [-0.1, -0.05) is 23.4 Å². The van der Waals surface area contributed by atoms with Gasteiger partial charge in [0.05, 0.1) is 29.8 Å². The molecule has 2 aromatic rings. The number of hydrogen-bond acceptors (Lipinski definition) is 5. The Hall–Kier alpha value is -1.57. The smallest absolute Gasteiger partial charge is 0.262 e. The highest BCUT2D eigenvalue weighted by atomic mass is 35.5. The van der Waals surface area contributed by atoms with Gasteiger partial charge in [-0.3, -0.25) is 14.2 Å². The molecule has 0 spiro atoms. The molecule has 1 aromatic heterocycles. The number of carbonyl (C=O) groups is 1. The minimum Gasteiger partial charge on any atom is -0.383 e. The molecule has 0 radical (unpaired) electrons. The SMILES string of the molecule is CCN(CC)C(=O)CSc1nc2cc(Cl)ccc2c(=O)n1CCOC. The molecule has 1 aromatic carbocycles. The predicted molar refractivity (Wildman–Crippen MR) is 102 cm³/mol. The second kappa shape index (κ2) is 9.22. The highest BCUT2D eigenvalue weighted by molar-refractivity contribution is 7.99. The minimum atomic E-state index is -0.156. The zero-order valence-corrected chi connectivity index (χ0v) is 16.2. The summed E-state index contributed by atoms with van der Waals surface area (Å²) in [6.45, 7) is 5.97. The highest BCUT2D eigenvalue weighted by Crippen LogP contribution is 2.20. The Morgan fingerprint density at radius 3 is 2.72 bits per heavy atom. The zero-order valence-electron chi connectivity index (χ0n) is 14.6. The second-order valence-corrected chi connectivity index (χ2v) is 6.74. The average molecular weight is 384 g/mol. The number of halogens is 1. The van der Waals surface area contributed by atoms with Crippen molar-refractivity contribution in [3.63, 3.8) is 0 Å². The Bertz CT molecular complexity index is 806.